The topological polar surface area (TPSA) is 53.6 Å². The van der Waals surface area contributed by atoms with Crippen molar-refractivity contribution in [2.24, 2.45) is 16.3 Å². The standard InChI is InChI=1S/C10H18N4/c11-13-9(12-8-1-2-8)14-6-5-10(7-14)3-4-10/h8H,1-7,11H2,(H,12,13). The fraction of sp³-hybridized carbons (Fsp3) is 0.900. The second-order valence-electron chi connectivity index (χ2n) is 5.00. The van der Waals surface area contributed by atoms with Crippen LogP contribution in [0.2, 0.25) is 0 Å². The molecule has 3 fully saturated rings. The number of hydrogen-bond donors (Lipinski definition) is 2. The number of aliphatic imine (C=N–C) groups is 1. The third-order valence-electron chi connectivity index (χ3n) is 3.68. The molecule has 0 amide bonds. The summed E-state index contributed by atoms with van der Waals surface area (Å²) in [6.45, 7) is 2.30. The smallest absolute Gasteiger partial charge is 0.208 e. The minimum atomic E-state index is 0.553. The Kier molecular flexibility index (Phi) is 1.74. The highest BCUT2D eigenvalue weighted by Gasteiger charge is 2.48. The molecule has 3 aliphatic rings. The summed E-state index contributed by atoms with van der Waals surface area (Å²) < 4.78 is 0. The van der Waals surface area contributed by atoms with E-state index in [1.165, 1.54) is 38.6 Å². The van der Waals surface area contributed by atoms with Crippen LogP contribution in [0.3, 0.4) is 0 Å². The van der Waals surface area contributed by atoms with Gasteiger partial charge in [-0.15, -0.1) is 0 Å². The number of hydrazine groups is 1. The molecule has 0 radical (unpaired) electrons. The van der Waals surface area contributed by atoms with Crippen LogP contribution in [0, 0.1) is 5.41 Å². The summed E-state index contributed by atoms with van der Waals surface area (Å²) in [6, 6.07) is 0.553. The van der Waals surface area contributed by atoms with Crippen molar-refractivity contribution >= 4 is 5.96 Å². The van der Waals surface area contributed by atoms with Gasteiger partial charge in [0.1, 0.15) is 0 Å². The highest BCUT2D eigenvalue weighted by molar-refractivity contribution is 5.80. The van der Waals surface area contributed by atoms with Crippen molar-refractivity contribution in [3.63, 3.8) is 0 Å². The third kappa shape index (κ3) is 1.47. The Morgan fingerprint density at radius 1 is 1.36 bits per heavy atom. The van der Waals surface area contributed by atoms with Crippen LogP contribution in [0.1, 0.15) is 32.1 Å². The molecule has 1 saturated heterocycles. The number of rotatable bonds is 1. The predicted molar refractivity (Wildman–Crippen MR) is 55.6 cm³/mol. The Balaban J connectivity index is 1.67. The van der Waals surface area contributed by atoms with E-state index in [4.69, 9.17) is 5.84 Å². The van der Waals surface area contributed by atoms with E-state index in [1.807, 2.05) is 0 Å². The second-order valence-corrected chi connectivity index (χ2v) is 5.00. The molecule has 3 rings (SSSR count). The molecule has 0 unspecified atom stereocenters. The molecule has 14 heavy (non-hydrogen) atoms. The molecule has 0 aromatic carbocycles. The minimum absolute atomic E-state index is 0.553. The summed E-state index contributed by atoms with van der Waals surface area (Å²) in [4.78, 5) is 6.91. The van der Waals surface area contributed by atoms with Gasteiger partial charge in [-0.3, -0.25) is 5.43 Å². The van der Waals surface area contributed by atoms with Gasteiger partial charge in [-0.05, 0) is 37.5 Å². The molecule has 0 bridgehead atoms. The maximum atomic E-state index is 5.52. The summed E-state index contributed by atoms with van der Waals surface area (Å²) in [5, 5.41) is 0. The van der Waals surface area contributed by atoms with E-state index in [-0.39, 0.29) is 0 Å². The zero-order valence-corrected chi connectivity index (χ0v) is 8.50. The molecule has 3 N–H and O–H groups in total. The van der Waals surface area contributed by atoms with Gasteiger partial charge in [0.2, 0.25) is 5.96 Å². The van der Waals surface area contributed by atoms with Crippen LogP contribution in [0.25, 0.3) is 0 Å². The zero-order chi connectivity index (χ0) is 9.60. The van der Waals surface area contributed by atoms with E-state index in [9.17, 15) is 0 Å². The van der Waals surface area contributed by atoms with Crippen molar-refractivity contribution in [1.29, 1.82) is 0 Å². The molecule has 2 aliphatic carbocycles. The summed E-state index contributed by atoms with van der Waals surface area (Å²) >= 11 is 0. The number of hydrogen-bond acceptors (Lipinski definition) is 2. The van der Waals surface area contributed by atoms with E-state index in [1.54, 1.807) is 0 Å². The van der Waals surface area contributed by atoms with Gasteiger partial charge in [-0.1, -0.05) is 0 Å². The van der Waals surface area contributed by atoms with E-state index in [2.05, 4.69) is 15.3 Å². The van der Waals surface area contributed by atoms with Crippen LogP contribution in [-0.4, -0.2) is 30.0 Å². The lowest BCUT2D eigenvalue weighted by atomic mass is 10.1. The van der Waals surface area contributed by atoms with Crippen LogP contribution in [-0.2, 0) is 0 Å². The van der Waals surface area contributed by atoms with Gasteiger partial charge < -0.3 is 4.90 Å². The molecular weight excluding hydrogens is 176 g/mol. The van der Waals surface area contributed by atoms with Crippen molar-refractivity contribution in [2.75, 3.05) is 13.1 Å². The largest absolute Gasteiger partial charge is 0.341 e. The van der Waals surface area contributed by atoms with Crippen LogP contribution < -0.4 is 11.3 Å². The van der Waals surface area contributed by atoms with Gasteiger partial charge in [-0.2, -0.15) is 0 Å². The van der Waals surface area contributed by atoms with Gasteiger partial charge in [-0.25, -0.2) is 10.8 Å². The maximum absolute atomic E-state index is 5.52. The summed E-state index contributed by atoms with van der Waals surface area (Å²) in [6.07, 6.45) is 6.63. The highest BCUT2D eigenvalue weighted by atomic mass is 15.4. The Bertz CT molecular complexity index is 265. The Labute approximate surface area is 84.5 Å². The first-order valence-electron chi connectivity index (χ1n) is 5.61. The number of nitrogens with two attached hydrogens (primary N) is 1. The molecule has 0 aromatic heterocycles. The molecule has 0 aromatic rings. The molecule has 1 heterocycles. The van der Waals surface area contributed by atoms with Crippen molar-refractivity contribution in [3.8, 4) is 0 Å². The fourth-order valence-electron chi connectivity index (χ4n) is 2.29. The van der Waals surface area contributed by atoms with Gasteiger partial charge in [0.05, 0.1) is 6.04 Å². The fourth-order valence-corrected chi connectivity index (χ4v) is 2.29. The number of nitrogens with one attached hydrogen (secondary N) is 1. The molecular formula is C10H18N4. The monoisotopic (exact) mass is 194 g/mol. The van der Waals surface area contributed by atoms with E-state index in [0.717, 1.165) is 12.5 Å². The average molecular weight is 194 g/mol. The van der Waals surface area contributed by atoms with Gasteiger partial charge >= 0.3 is 0 Å². The predicted octanol–water partition coefficient (Wildman–Crippen LogP) is 0.454. The first-order valence-corrected chi connectivity index (χ1v) is 5.61. The van der Waals surface area contributed by atoms with E-state index >= 15 is 0 Å². The third-order valence-corrected chi connectivity index (χ3v) is 3.68. The molecule has 2 saturated carbocycles. The highest BCUT2D eigenvalue weighted by Crippen LogP contribution is 2.52. The van der Waals surface area contributed by atoms with Crippen LogP contribution >= 0.6 is 0 Å². The van der Waals surface area contributed by atoms with E-state index < -0.39 is 0 Å². The van der Waals surface area contributed by atoms with Crippen molar-refractivity contribution in [2.45, 2.75) is 38.1 Å². The zero-order valence-electron chi connectivity index (χ0n) is 8.50. The maximum Gasteiger partial charge on any atom is 0.208 e. The number of nitrogens with zero attached hydrogens (tertiary/aromatic N) is 2. The molecule has 0 atom stereocenters. The van der Waals surface area contributed by atoms with Gasteiger partial charge in [0, 0.05) is 13.1 Å². The van der Waals surface area contributed by atoms with Gasteiger partial charge in [0.15, 0.2) is 0 Å². The lowest BCUT2D eigenvalue weighted by Crippen LogP contribution is -2.44. The van der Waals surface area contributed by atoms with Crippen molar-refractivity contribution < 1.29 is 0 Å². The Morgan fingerprint density at radius 2 is 2.14 bits per heavy atom. The Hall–Kier alpha value is -0.770. The van der Waals surface area contributed by atoms with Crippen molar-refractivity contribution in [3.05, 3.63) is 0 Å². The van der Waals surface area contributed by atoms with Crippen LogP contribution in [0.15, 0.2) is 4.99 Å². The number of likely N-dealkylation sites (tertiary alicyclic amines) is 1. The molecule has 78 valence electrons. The molecule has 1 spiro atoms. The van der Waals surface area contributed by atoms with Gasteiger partial charge in [0.25, 0.3) is 0 Å². The molecule has 4 nitrogen and oxygen atoms in total. The normalized spacial score (nSPS) is 29.8. The summed E-state index contributed by atoms with van der Waals surface area (Å²) in [7, 11) is 0. The first kappa shape index (κ1) is 8.53. The first-order chi connectivity index (χ1) is 6.81. The summed E-state index contributed by atoms with van der Waals surface area (Å²) in [5.41, 5.74) is 3.41. The quantitative estimate of drug-likeness (QED) is 0.276. The van der Waals surface area contributed by atoms with Crippen LogP contribution in [0.5, 0.6) is 0 Å². The lowest BCUT2D eigenvalue weighted by molar-refractivity contribution is 0.453. The van der Waals surface area contributed by atoms with Crippen LogP contribution in [0.4, 0.5) is 0 Å². The molecule has 1 aliphatic heterocycles. The lowest BCUT2D eigenvalue weighted by Gasteiger charge is -2.19. The average Bonchev–Trinajstić information content (AvgIpc) is 3.05. The summed E-state index contributed by atoms with van der Waals surface area (Å²) in [5.74, 6) is 6.44. The van der Waals surface area contributed by atoms with Crippen molar-refractivity contribution in [1.82, 2.24) is 10.3 Å². The SMILES string of the molecule is NNC(=NC1CC1)N1CCC2(CC2)C1. The Morgan fingerprint density at radius 3 is 2.64 bits per heavy atom. The minimum Gasteiger partial charge on any atom is -0.341 e. The number of guanidine groups is 1. The van der Waals surface area contributed by atoms with E-state index in [0.29, 0.717) is 11.5 Å². The second kappa shape index (κ2) is 2.86. The molecule has 4 heteroatoms.